The summed E-state index contributed by atoms with van der Waals surface area (Å²) < 4.78 is 6.56. The van der Waals surface area contributed by atoms with Crippen molar-refractivity contribution in [3.8, 4) is 55.6 Å². The minimum atomic E-state index is 0.908. The van der Waals surface area contributed by atoms with Gasteiger partial charge < -0.3 is 4.42 Å². The Bertz CT molecular complexity index is 2320. The highest BCUT2D eigenvalue weighted by atomic mass is 16.3. The Morgan fingerprint density at radius 1 is 0.415 bits per heavy atom. The van der Waals surface area contributed by atoms with Crippen molar-refractivity contribution in [1.82, 2.24) is 4.98 Å². The largest absolute Gasteiger partial charge is 0.455 e. The van der Waals surface area contributed by atoms with E-state index < -0.39 is 0 Å². The average Bonchev–Trinajstić information content (AvgIpc) is 3.42. The van der Waals surface area contributed by atoms with Crippen molar-refractivity contribution >= 4 is 32.8 Å². The highest BCUT2D eigenvalue weighted by molar-refractivity contribution is 6.14. The molecule has 1 aliphatic carbocycles. The predicted molar refractivity (Wildman–Crippen MR) is 170 cm³/mol. The topological polar surface area (TPSA) is 26.0 Å². The van der Waals surface area contributed by atoms with Gasteiger partial charge in [0.2, 0.25) is 0 Å². The molecule has 9 rings (SSSR count). The predicted octanol–water partition coefficient (Wildman–Crippen LogP) is 10.8. The van der Waals surface area contributed by atoms with Gasteiger partial charge in [-0.15, -0.1) is 0 Å². The molecule has 0 atom stereocenters. The van der Waals surface area contributed by atoms with Crippen LogP contribution in [-0.2, 0) is 0 Å². The smallest absolute Gasteiger partial charge is 0.143 e. The zero-order valence-electron chi connectivity index (χ0n) is 22.1. The van der Waals surface area contributed by atoms with Gasteiger partial charge in [0, 0.05) is 27.9 Å². The fourth-order valence-electron chi connectivity index (χ4n) is 6.71. The van der Waals surface area contributed by atoms with Gasteiger partial charge in [-0.1, -0.05) is 109 Å². The van der Waals surface area contributed by atoms with Crippen molar-refractivity contribution in [2.45, 2.75) is 0 Å². The number of pyridine rings is 1. The normalized spacial score (nSPS) is 11.9. The molecule has 0 saturated carbocycles. The second-order valence-corrected chi connectivity index (χ2v) is 10.7. The van der Waals surface area contributed by atoms with E-state index in [2.05, 4.69) is 121 Å². The van der Waals surface area contributed by atoms with E-state index in [9.17, 15) is 0 Å². The van der Waals surface area contributed by atoms with Crippen molar-refractivity contribution in [2.24, 2.45) is 0 Å². The van der Waals surface area contributed by atoms with Crippen LogP contribution in [0.3, 0.4) is 0 Å². The van der Waals surface area contributed by atoms with E-state index in [0.29, 0.717) is 0 Å². The van der Waals surface area contributed by atoms with Crippen LogP contribution in [0.4, 0.5) is 0 Å². The summed E-state index contributed by atoms with van der Waals surface area (Å²) in [7, 11) is 0. The molecule has 8 aromatic rings. The fraction of sp³-hybridized carbons (Fsp3) is 0. The van der Waals surface area contributed by atoms with E-state index in [0.717, 1.165) is 44.0 Å². The van der Waals surface area contributed by atoms with Crippen LogP contribution in [-0.4, -0.2) is 4.98 Å². The van der Waals surface area contributed by atoms with Gasteiger partial charge in [0.05, 0.1) is 5.52 Å². The molecule has 0 unspecified atom stereocenters. The van der Waals surface area contributed by atoms with Gasteiger partial charge in [-0.2, -0.15) is 0 Å². The number of fused-ring (bicyclic) bond motifs is 12. The molecule has 2 heteroatoms. The molecule has 2 aromatic heterocycles. The first-order chi connectivity index (χ1) is 20.3. The lowest BCUT2D eigenvalue weighted by Crippen LogP contribution is -1.99. The van der Waals surface area contributed by atoms with Crippen LogP contribution < -0.4 is 0 Å². The molecular formula is C39H23NO. The summed E-state index contributed by atoms with van der Waals surface area (Å²) in [6, 6.07) is 47.8. The summed E-state index contributed by atoms with van der Waals surface area (Å²) in [5.41, 5.74) is 14.8. The van der Waals surface area contributed by atoms with E-state index in [1.807, 2.05) is 18.3 Å². The molecule has 190 valence electrons. The molecule has 0 saturated heterocycles. The summed E-state index contributed by atoms with van der Waals surface area (Å²) >= 11 is 0. The second-order valence-electron chi connectivity index (χ2n) is 10.7. The standard InChI is InChI=1S/C39H23NO/c1-3-13-27-25(11-1)26-12-2-4-14-28(26)34-23-36-24(10-9-21-40-36)22-35(34)38-30(27)16-7-17-31(38)33-19-8-18-32-29-15-5-6-20-37(29)41-39(32)33/h1-23H. The van der Waals surface area contributed by atoms with Gasteiger partial charge in [-0.05, 0) is 74.3 Å². The van der Waals surface area contributed by atoms with Gasteiger partial charge >= 0.3 is 0 Å². The Morgan fingerprint density at radius 3 is 1.80 bits per heavy atom. The zero-order valence-corrected chi connectivity index (χ0v) is 22.1. The van der Waals surface area contributed by atoms with Crippen molar-refractivity contribution in [2.75, 3.05) is 0 Å². The number of benzene rings is 6. The Labute approximate surface area is 237 Å². The fourth-order valence-corrected chi connectivity index (χ4v) is 6.71. The maximum absolute atomic E-state index is 6.56. The molecular weight excluding hydrogens is 498 g/mol. The molecule has 0 fully saturated rings. The van der Waals surface area contributed by atoms with Crippen LogP contribution in [0, 0.1) is 0 Å². The molecule has 0 radical (unpaired) electrons. The lowest BCUT2D eigenvalue weighted by molar-refractivity contribution is 0.670. The van der Waals surface area contributed by atoms with E-state index >= 15 is 0 Å². The van der Waals surface area contributed by atoms with Crippen molar-refractivity contribution in [3.05, 3.63) is 140 Å². The average molecular weight is 522 g/mol. The molecule has 1 aliphatic rings. The number of hydrogen-bond donors (Lipinski definition) is 0. The van der Waals surface area contributed by atoms with Crippen molar-refractivity contribution in [1.29, 1.82) is 0 Å². The first kappa shape index (κ1) is 22.4. The van der Waals surface area contributed by atoms with E-state index in [1.54, 1.807) is 0 Å². The molecule has 41 heavy (non-hydrogen) atoms. The lowest BCUT2D eigenvalue weighted by Gasteiger charge is -2.25. The lowest BCUT2D eigenvalue weighted by atomic mass is 9.78. The first-order valence-corrected chi connectivity index (χ1v) is 14.0. The Hall–Kier alpha value is -5.47. The molecule has 0 aliphatic heterocycles. The summed E-state index contributed by atoms with van der Waals surface area (Å²) in [6.07, 6.45) is 1.88. The number of nitrogens with zero attached hydrogens (tertiary/aromatic N) is 1. The molecule has 0 bridgehead atoms. The maximum atomic E-state index is 6.56. The number of furan rings is 1. The van der Waals surface area contributed by atoms with Crippen LogP contribution in [0.25, 0.3) is 88.5 Å². The molecule has 2 heterocycles. The third kappa shape index (κ3) is 3.22. The van der Waals surface area contributed by atoms with Crippen LogP contribution in [0.2, 0.25) is 0 Å². The molecule has 2 nitrogen and oxygen atoms in total. The summed E-state index contributed by atoms with van der Waals surface area (Å²) in [6.45, 7) is 0. The third-order valence-corrected chi connectivity index (χ3v) is 8.50. The minimum absolute atomic E-state index is 0.908. The summed E-state index contributed by atoms with van der Waals surface area (Å²) in [5.74, 6) is 0. The van der Waals surface area contributed by atoms with Crippen LogP contribution in [0.15, 0.2) is 144 Å². The number of hydrogen-bond acceptors (Lipinski definition) is 2. The number of aromatic nitrogens is 1. The van der Waals surface area contributed by atoms with Gasteiger partial charge in [-0.25, -0.2) is 0 Å². The van der Waals surface area contributed by atoms with E-state index in [1.165, 1.54) is 44.5 Å². The van der Waals surface area contributed by atoms with Gasteiger partial charge in [0.15, 0.2) is 0 Å². The molecule has 0 amide bonds. The molecule has 0 N–H and O–H groups in total. The van der Waals surface area contributed by atoms with E-state index in [-0.39, 0.29) is 0 Å². The number of rotatable bonds is 1. The van der Waals surface area contributed by atoms with Crippen molar-refractivity contribution in [3.63, 3.8) is 0 Å². The minimum Gasteiger partial charge on any atom is -0.455 e. The molecule has 6 aromatic carbocycles. The van der Waals surface area contributed by atoms with Crippen LogP contribution in [0.1, 0.15) is 0 Å². The maximum Gasteiger partial charge on any atom is 0.143 e. The molecule has 0 spiro atoms. The SMILES string of the molecule is c1ccc2c(c1)-c1ccccc1-c1cccc(-c3cccc4c3oc3ccccc34)c1-c1cc3cccnc3cc1-2. The first-order valence-electron chi connectivity index (χ1n) is 14.0. The zero-order chi connectivity index (χ0) is 26.9. The summed E-state index contributed by atoms with van der Waals surface area (Å²) in [4.78, 5) is 4.75. The second kappa shape index (κ2) is 8.51. The van der Waals surface area contributed by atoms with Gasteiger partial charge in [-0.3, -0.25) is 4.98 Å². The van der Waals surface area contributed by atoms with Gasteiger partial charge in [0.25, 0.3) is 0 Å². The quantitative estimate of drug-likeness (QED) is 0.215. The van der Waals surface area contributed by atoms with Crippen molar-refractivity contribution < 1.29 is 4.42 Å². The van der Waals surface area contributed by atoms with E-state index in [4.69, 9.17) is 9.40 Å². The Kier molecular flexibility index (Phi) is 4.64. The highest BCUT2D eigenvalue weighted by Crippen LogP contribution is 2.52. The Morgan fingerprint density at radius 2 is 1.00 bits per heavy atom. The van der Waals surface area contributed by atoms with Crippen LogP contribution in [0.5, 0.6) is 0 Å². The van der Waals surface area contributed by atoms with Crippen LogP contribution >= 0.6 is 0 Å². The summed E-state index contributed by atoms with van der Waals surface area (Å²) in [5, 5.41) is 3.40. The highest BCUT2D eigenvalue weighted by Gasteiger charge is 2.26. The monoisotopic (exact) mass is 521 g/mol. The third-order valence-electron chi connectivity index (χ3n) is 8.50. The van der Waals surface area contributed by atoms with Gasteiger partial charge in [0.1, 0.15) is 11.2 Å². The Balaban J connectivity index is 1.48. The number of para-hydroxylation sites is 2.